The minimum atomic E-state index is -0.162. The van der Waals surface area contributed by atoms with Crippen molar-refractivity contribution in [2.24, 2.45) is 0 Å². The lowest BCUT2D eigenvalue weighted by Crippen LogP contribution is -1.91. The summed E-state index contributed by atoms with van der Waals surface area (Å²) >= 11 is 4.11. The van der Waals surface area contributed by atoms with Crippen molar-refractivity contribution in [3.63, 3.8) is 0 Å². The first-order valence-electron chi connectivity index (χ1n) is 3.60. The predicted molar refractivity (Wildman–Crippen MR) is 48.7 cm³/mol. The van der Waals surface area contributed by atoms with Crippen LogP contribution in [0.1, 0.15) is 11.1 Å². The van der Waals surface area contributed by atoms with E-state index < -0.39 is 0 Å². The summed E-state index contributed by atoms with van der Waals surface area (Å²) in [7, 11) is 0. The van der Waals surface area contributed by atoms with Gasteiger partial charge in [-0.05, 0) is 42.4 Å². The number of rotatable bonds is 2. The quantitative estimate of drug-likeness (QED) is 0.648. The van der Waals surface area contributed by atoms with Crippen molar-refractivity contribution in [2.75, 3.05) is 5.75 Å². The zero-order valence-corrected chi connectivity index (χ0v) is 7.37. The molecule has 0 spiro atoms. The van der Waals surface area contributed by atoms with Gasteiger partial charge in [-0.15, -0.1) is 0 Å². The highest BCUT2D eigenvalue weighted by Crippen LogP contribution is 2.10. The summed E-state index contributed by atoms with van der Waals surface area (Å²) in [6.45, 7) is 1.92. The fourth-order valence-corrected chi connectivity index (χ4v) is 1.30. The molecule has 1 rings (SSSR count). The Labute approximate surface area is 71.8 Å². The second-order valence-corrected chi connectivity index (χ2v) is 2.99. The van der Waals surface area contributed by atoms with Gasteiger partial charge in [0.2, 0.25) is 0 Å². The van der Waals surface area contributed by atoms with E-state index in [0.717, 1.165) is 17.7 Å². The molecular formula is C9H11FS. The molecule has 0 aliphatic rings. The van der Waals surface area contributed by atoms with Crippen LogP contribution in [0.3, 0.4) is 0 Å². The van der Waals surface area contributed by atoms with Gasteiger partial charge in [-0.25, -0.2) is 4.39 Å². The Morgan fingerprint density at radius 1 is 1.45 bits per heavy atom. The number of aryl methyl sites for hydroxylation is 2. The predicted octanol–water partition coefficient (Wildman–Crippen LogP) is 2.61. The number of hydrogen-bond donors (Lipinski definition) is 1. The van der Waals surface area contributed by atoms with Crippen LogP contribution in [0.25, 0.3) is 0 Å². The zero-order chi connectivity index (χ0) is 8.27. The van der Waals surface area contributed by atoms with Gasteiger partial charge in [-0.1, -0.05) is 6.07 Å². The normalized spacial score (nSPS) is 10.1. The molecule has 0 fully saturated rings. The first-order valence-corrected chi connectivity index (χ1v) is 4.23. The number of hydrogen-bond acceptors (Lipinski definition) is 1. The highest BCUT2D eigenvalue weighted by Gasteiger charge is 1.97. The highest BCUT2D eigenvalue weighted by atomic mass is 32.1. The summed E-state index contributed by atoms with van der Waals surface area (Å²) in [5.74, 6) is 0.650. The van der Waals surface area contributed by atoms with Crippen LogP contribution in [0.2, 0.25) is 0 Å². The molecule has 0 aliphatic heterocycles. The molecule has 0 aromatic heterocycles. The third-order valence-corrected chi connectivity index (χ3v) is 1.91. The van der Waals surface area contributed by atoms with Crippen molar-refractivity contribution < 1.29 is 4.39 Å². The van der Waals surface area contributed by atoms with Crippen molar-refractivity contribution in [3.05, 3.63) is 35.1 Å². The van der Waals surface area contributed by atoms with E-state index >= 15 is 0 Å². The van der Waals surface area contributed by atoms with Gasteiger partial charge in [0.05, 0.1) is 0 Å². The third kappa shape index (κ3) is 2.22. The smallest absolute Gasteiger partial charge is 0.123 e. The van der Waals surface area contributed by atoms with Gasteiger partial charge in [0.25, 0.3) is 0 Å². The minimum absolute atomic E-state index is 0.162. The molecule has 0 unspecified atom stereocenters. The summed E-state index contributed by atoms with van der Waals surface area (Å²) in [4.78, 5) is 0. The lowest BCUT2D eigenvalue weighted by molar-refractivity contribution is 0.625. The van der Waals surface area contributed by atoms with E-state index in [1.165, 1.54) is 11.6 Å². The maximum absolute atomic E-state index is 12.6. The molecule has 0 radical (unpaired) electrons. The number of benzene rings is 1. The number of thiol groups is 1. The maximum atomic E-state index is 12.6. The first kappa shape index (κ1) is 8.60. The van der Waals surface area contributed by atoms with E-state index in [9.17, 15) is 4.39 Å². The maximum Gasteiger partial charge on any atom is 0.123 e. The molecule has 0 saturated carbocycles. The molecule has 0 amide bonds. The molecule has 1 aromatic rings. The van der Waals surface area contributed by atoms with Crippen molar-refractivity contribution in [3.8, 4) is 0 Å². The van der Waals surface area contributed by atoms with Crippen molar-refractivity contribution in [1.82, 2.24) is 0 Å². The van der Waals surface area contributed by atoms with Gasteiger partial charge in [0, 0.05) is 0 Å². The lowest BCUT2D eigenvalue weighted by Gasteiger charge is -2.02. The summed E-state index contributed by atoms with van der Waals surface area (Å²) in [5, 5.41) is 0. The Kier molecular flexibility index (Phi) is 2.94. The van der Waals surface area contributed by atoms with E-state index in [-0.39, 0.29) is 5.82 Å². The van der Waals surface area contributed by atoms with E-state index in [1.54, 1.807) is 6.07 Å². The Hall–Kier alpha value is -0.500. The molecule has 60 valence electrons. The molecule has 0 nitrogen and oxygen atoms in total. The fraction of sp³-hybridized carbons (Fsp3) is 0.333. The molecule has 0 saturated heterocycles. The van der Waals surface area contributed by atoms with E-state index in [1.807, 2.05) is 13.0 Å². The second-order valence-electron chi connectivity index (χ2n) is 2.54. The monoisotopic (exact) mass is 170 g/mol. The van der Waals surface area contributed by atoms with Crippen LogP contribution in [0.15, 0.2) is 18.2 Å². The van der Waals surface area contributed by atoms with E-state index in [2.05, 4.69) is 12.6 Å². The zero-order valence-electron chi connectivity index (χ0n) is 6.47. The van der Waals surface area contributed by atoms with E-state index in [0.29, 0.717) is 0 Å². The highest BCUT2D eigenvalue weighted by molar-refractivity contribution is 7.80. The van der Waals surface area contributed by atoms with Crippen molar-refractivity contribution >= 4 is 12.6 Å². The van der Waals surface area contributed by atoms with Crippen LogP contribution in [0.4, 0.5) is 4.39 Å². The summed E-state index contributed by atoms with van der Waals surface area (Å²) in [6.07, 6.45) is 0.912. The first-order chi connectivity index (χ1) is 5.24. The summed E-state index contributed by atoms with van der Waals surface area (Å²) < 4.78 is 12.6. The van der Waals surface area contributed by atoms with Crippen LogP contribution in [-0.4, -0.2) is 5.75 Å². The van der Waals surface area contributed by atoms with Crippen molar-refractivity contribution in [1.29, 1.82) is 0 Å². The van der Waals surface area contributed by atoms with Gasteiger partial charge >= 0.3 is 0 Å². The molecule has 2 heteroatoms. The molecule has 0 atom stereocenters. The van der Waals surface area contributed by atoms with Gasteiger partial charge in [0.15, 0.2) is 0 Å². The SMILES string of the molecule is Cc1cc(F)ccc1CCS. The van der Waals surface area contributed by atoms with Crippen LogP contribution in [-0.2, 0) is 6.42 Å². The van der Waals surface area contributed by atoms with Gasteiger partial charge < -0.3 is 0 Å². The lowest BCUT2D eigenvalue weighted by atomic mass is 10.1. The molecule has 0 heterocycles. The molecule has 0 bridgehead atoms. The standard InChI is InChI=1S/C9H11FS/c1-7-6-9(10)3-2-8(7)4-5-11/h2-3,6,11H,4-5H2,1H3. The average Bonchev–Trinajstić information content (AvgIpc) is 1.95. The van der Waals surface area contributed by atoms with Gasteiger partial charge in [-0.2, -0.15) is 12.6 Å². The molecular weight excluding hydrogens is 159 g/mol. The summed E-state index contributed by atoms with van der Waals surface area (Å²) in [5.41, 5.74) is 2.19. The van der Waals surface area contributed by atoms with Crippen LogP contribution in [0, 0.1) is 12.7 Å². The van der Waals surface area contributed by atoms with Crippen LogP contribution < -0.4 is 0 Å². The Bertz CT molecular complexity index is 245. The van der Waals surface area contributed by atoms with Crippen LogP contribution >= 0.6 is 12.6 Å². The molecule has 1 aromatic carbocycles. The minimum Gasteiger partial charge on any atom is -0.207 e. The van der Waals surface area contributed by atoms with Crippen LogP contribution in [0.5, 0.6) is 0 Å². The largest absolute Gasteiger partial charge is 0.207 e. The van der Waals surface area contributed by atoms with Gasteiger partial charge in [-0.3, -0.25) is 0 Å². The molecule has 0 N–H and O–H groups in total. The third-order valence-electron chi connectivity index (χ3n) is 1.69. The Morgan fingerprint density at radius 3 is 2.73 bits per heavy atom. The topological polar surface area (TPSA) is 0 Å². The fourth-order valence-electron chi connectivity index (χ4n) is 1.06. The van der Waals surface area contributed by atoms with Gasteiger partial charge in [0.1, 0.15) is 5.82 Å². The molecule has 11 heavy (non-hydrogen) atoms. The van der Waals surface area contributed by atoms with E-state index in [4.69, 9.17) is 0 Å². The second kappa shape index (κ2) is 3.77. The molecule has 0 aliphatic carbocycles. The summed E-state index contributed by atoms with van der Waals surface area (Å²) in [6, 6.07) is 4.87. The van der Waals surface area contributed by atoms with Crippen molar-refractivity contribution in [2.45, 2.75) is 13.3 Å². The average molecular weight is 170 g/mol. The Morgan fingerprint density at radius 2 is 2.18 bits per heavy atom. The Balaban J connectivity index is 2.90. The number of halogens is 1.